The lowest BCUT2D eigenvalue weighted by Crippen LogP contribution is -2.21. The summed E-state index contributed by atoms with van der Waals surface area (Å²) in [4.78, 5) is 26.4. The number of carbonyl (C=O) groups excluding carboxylic acids is 1. The van der Waals surface area contributed by atoms with E-state index in [2.05, 4.69) is 54.8 Å². The molecule has 1 aliphatic heterocycles. The number of pyridine rings is 1. The van der Waals surface area contributed by atoms with Crippen molar-refractivity contribution in [1.29, 1.82) is 0 Å². The number of hydrogen-bond donors (Lipinski definition) is 3. The van der Waals surface area contributed by atoms with Crippen molar-refractivity contribution in [2.75, 3.05) is 32.0 Å². The zero-order valence-electron chi connectivity index (χ0n) is 19.2. The van der Waals surface area contributed by atoms with Crippen LogP contribution in [0.2, 0.25) is 0 Å². The highest BCUT2D eigenvalue weighted by Gasteiger charge is 2.12. The second-order valence-electron chi connectivity index (χ2n) is 8.45. The molecule has 0 saturated carbocycles. The zero-order chi connectivity index (χ0) is 23.3. The Morgan fingerprint density at radius 2 is 1.94 bits per heavy atom. The number of amides is 1. The Balaban J connectivity index is 1.27. The van der Waals surface area contributed by atoms with E-state index in [1.165, 1.54) is 31.5 Å². The van der Waals surface area contributed by atoms with Gasteiger partial charge in [0.2, 0.25) is 5.95 Å². The van der Waals surface area contributed by atoms with Crippen molar-refractivity contribution in [3.05, 3.63) is 72.1 Å². The molecule has 4 aromatic rings. The van der Waals surface area contributed by atoms with Gasteiger partial charge in [0.15, 0.2) is 0 Å². The van der Waals surface area contributed by atoms with Crippen LogP contribution in [0.25, 0.3) is 11.0 Å². The Morgan fingerprint density at radius 3 is 2.79 bits per heavy atom. The highest BCUT2D eigenvalue weighted by molar-refractivity contribution is 5.92. The van der Waals surface area contributed by atoms with Gasteiger partial charge in [0, 0.05) is 37.6 Å². The molecule has 0 aliphatic carbocycles. The number of likely N-dealkylation sites (tertiary alicyclic amines) is 1. The number of H-pyrrole nitrogens is 1. The third-order valence-electron chi connectivity index (χ3n) is 5.99. The maximum atomic E-state index is 11.8. The highest BCUT2D eigenvalue weighted by atomic mass is 16.5. The molecule has 0 spiro atoms. The Bertz CT molecular complexity index is 1300. The van der Waals surface area contributed by atoms with E-state index in [-0.39, 0.29) is 5.91 Å². The second-order valence-corrected chi connectivity index (χ2v) is 8.45. The Labute approximate surface area is 198 Å². The van der Waals surface area contributed by atoms with Crippen LogP contribution in [0.3, 0.4) is 0 Å². The minimum absolute atomic E-state index is 0.259. The maximum Gasteiger partial charge on any atom is 0.269 e. The fourth-order valence-electron chi connectivity index (χ4n) is 4.21. The van der Waals surface area contributed by atoms with E-state index >= 15 is 0 Å². The van der Waals surface area contributed by atoms with Gasteiger partial charge in [0.05, 0.1) is 11.0 Å². The fourth-order valence-corrected chi connectivity index (χ4v) is 4.21. The van der Waals surface area contributed by atoms with Crippen molar-refractivity contribution in [2.24, 2.45) is 0 Å². The van der Waals surface area contributed by atoms with Crippen molar-refractivity contribution < 1.29 is 9.53 Å². The lowest BCUT2D eigenvalue weighted by molar-refractivity contribution is 0.0958. The lowest BCUT2D eigenvalue weighted by atomic mass is 10.1. The van der Waals surface area contributed by atoms with E-state index < -0.39 is 0 Å². The predicted molar refractivity (Wildman–Crippen MR) is 133 cm³/mol. The number of carbonyl (C=O) groups is 1. The number of imidazole rings is 1. The minimum atomic E-state index is -0.259. The van der Waals surface area contributed by atoms with Gasteiger partial charge in [-0.25, -0.2) is 4.98 Å². The largest absolute Gasteiger partial charge is 0.457 e. The van der Waals surface area contributed by atoms with Crippen LogP contribution in [-0.4, -0.2) is 52.4 Å². The Kier molecular flexibility index (Phi) is 6.40. The van der Waals surface area contributed by atoms with Gasteiger partial charge in [-0.1, -0.05) is 12.1 Å². The Hall–Kier alpha value is -3.91. The van der Waals surface area contributed by atoms with Gasteiger partial charge >= 0.3 is 0 Å². The predicted octanol–water partition coefficient (Wildman–Crippen LogP) is 4.49. The molecule has 2 aromatic heterocycles. The highest BCUT2D eigenvalue weighted by Crippen LogP contribution is 2.27. The molecule has 174 valence electrons. The van der Waals surface area contributed by atoms with Crippen LogP contribution in [0.5, 0.6) is 11.5 Å². The number of hydrogen-bond acceptors (Lipinski definition) is 6. The molecule has 1 aliphatic rings. The average molecular weight is 457 g/mol. The third kappa shape index (κ3) is 5.18. The molecule has 2 aromatic carbocycles. The molecule has 0 unspecified atom stereocenters. The third-order valence-corrected chi connectivity index (χ3v) is 5.99. The van der Waals surface area contributed by atoms with E-state index in [9.17, 15) is 4.79 Å². The first-order valence-corrected chi connectivity index (χ1v) is 11.6. The fraction of sp³-hybridized carbons (Fsp3) is 0.269. The minimum Gasteiger partial charge on any atom is -0.457 e. The van der Waals surface area contributed by atoms with E-state index in [4.69, 9.17) is 4.74 Å². The van der Waals surface area contributed by atoms with Crippen LogP contribution < -0.4 is 15.4 Å². The van der Waals surface area contributed by atoms with Crippen LogP contribution in [0.1, 0.15) is 28.9 Å². The zero-order valence-corrected chi connectivity index (χ0v) is 19.2. The molecule has 8 nitrogen and oxygen atoms in total. The summed E-state index contributed by atoms with van der Waals surface area (Å²) in [6, 6.07) is 17.5. The van der Waals surface area contributed by atoms with E-state index in [0.717, 1.165) is 29.7 Å². The normalized spacial score (nSPS) is 13.8. The second kappa shape index (κ2) is 9.93. The molecule has 0 radical (unpaired) electrons. The summed E-state index contributed by atoms with van der Waals surface area (Å²) >= 11 is 0. The number of rotatable bonds is 8. The summed E-state index contributed by atoms with van der Waals surface area (Å²) in [5, 5.41) is 5.95. The number of aromatic nitrogens is 3. The first kappa shape index (κ1) is 21.9. The summed E-state index contributed by atoms with van der Waals surface area (Å²) in [5.41, 5.74) is 4.31. The number of benzene rings is 2. The first-order chi connectivity index (χ1) is 16.7. The van der Waals surface area contributed by atoms with Crippen LogP contribution in [-0.2, 0) is 6.42 Å². The summed E-state index contributed by atoms with van der Waals surface area (Å²) in [6.45, 7) is 3.55. The molecule has 1 saturated heterocycles. The van der Waals surface area contributed by atoms with Gasteiger partial charge in [0.25, 0.3) is 5.91 Å². The summed E-state index contributed by atoms with van der Waals surface area (Å²) in [5.74, 6) is 1.59. The van der Waals surface area contributed by atoms with Crippen LogP contribution >= 0.6 is 0 Å². The molecular formula is C26H28N6O2. The quantitative estimate of drug-likeness (QED) is 0.362. The number of nitrogens with zero attached hydrogens (tertiary/aromatic N) is 3. The van der Waals surface area contributed by atoms with Crippen molar-refractivity contribution >= 4 is 28.6 Å². The van der Waals surface area contributed by atoms with E-state index in [1.54, 1.807) is 25.4 Å². The number of nitrogens with one attached hydrogen (secondary N) is 3. The van der Waals surface area contributed by atoms with Crippen LogP contribution in [0.15, 0.2) is 60.8 Å². The van der Waals surface area contributed by atoms with Crippen LogP contribution in [0, 0.1) is 0 Å². The lowest BCUT2D eigenvalue weighted by Gasteiger charge is -2.14. The maximum absolute atomic E-state index is 11.8. The van der Waals surface area contributed by atoms with E-state index in [0.29, 0.717) is 23.1 Å². The van der Waals surface area contributed by atoms with Gasteiger partial charge in [-0.05, 0) is 68.2 Å². The molecule has 8 heteroatoms. The summed E-state index contributed by atoms with van der Waals surface area (Å²) < 4.78 is 5.94. The number of fused-ring (bicyclic) bond motifs is 1. The number of ether oxygens (including phenoxy) is 1. The van der Waals surface area contributed by atoms with Gasteiger partial charge in [-0.3, -0.25) is 9.78 Å². The molecule has 3 heterocycles. The van der Waals surface area contributed by atoms with Gasteiger partial charge < -0.3 is 25.3 Å². The molecule has 0 atom stereocenters. The summed E-state index contributed by atoms with van der Waals surface area (Å²) in [6.07, 6.45) is 5.24. The Morgan fingerprint density at radius 1 is 1.09 bits per heavy atom. The van der Waals surface area contributed by atoms with E-state index in [1.807, 2.05) is 18.2 Å². The van der Waals surface area contributed by atoms with Gasteiger partial charge in [0.1, 0.15) is 17.2 Å². The molecule has 34 heavy (non-hydrogen) atoms. The molecule has 0 bridgehead atoms. The van der Waals surface area contributed by atoms with Crippen molar-refractivity contribution in [1.82, 2.24) is 25.2 Å². The van der Waals surface area contributed by atoms with Crippen molar-refractivity contribution in [2.45, 2.75) is 19.3 Å². The first-order valence-electron chi connectivity index (χ1n) is 11.6. The van der Waals surface area contributed by atoms with Crippen molar-refractivity contribution in [3.63, 3.8) is 0 Å². The SMILES string of the molecule is CNC(=O)c1cc(Oc2ccc3nc(Nc4cccc(CCN5CCCC5)c4)[nH]c3c2)ccn1. The molecule has 5 rings (SSSR count). The summed E-state index contributed by atoms with van der Waals surface area (Å²) in [7, 11) is 1.57. The van der Waals surface area contributed by atoms with Crippen LogP contribution in [0.4, 0.5) is 11.6 Å². The van der Waals surface area contributed by atoms with Gasteiger partial charge in [-0.2, -0.15) is 0 Å². The number of aromatic amines is 1. The smallest absolute Gasteiger partial charge is 0.269 e. The molecule has 3 N–H and O–H groups in total. The standard InChI is InChI=1S/C26H28N6O2/c1-27-25(33)24-17-21(9-11-28-24)34-20-7-8-22-23(16-20)31-26(30-22)29-19-6-4-5-18(15-19)10-14-32-12-2-3-13-32/h4-9,11,15-17H,2-3,10,12-14H2,1H3,(H,27,33)(H2,29,30,31). The van der Waals surface area contributed by atoms with Crippen molar-refractivity contribution in [3.8, 4) is 11.5 Å². The molecule has 1 fully saturated rings. The van der Waals surface area contributed by atoms with Gasteiger partial charge in [-0.15, -0.1) is 0 Å². The molecule has 1 amide bonds. The molecular weight excluding hydrogens is 428 g/mol. The topological polar surface area (TPSA) is 95.2 Å². The number of anilines is 2. The average Bonchev–Trinajstić information content (AvgIpc) is 3.52. The monoisotopic (exact) mass is 456 g/mol.